The maximum absolute atomic E-state index is 6.71. The van der Waals surface area contributed by atoms with E-state index in [1.54, 1.807) is 0 Å². The number of rotatable bonds is 3. The number of aromatic nitrogens is 1. The van der Waals surface area contributed by atoms with Gasteiger partial charge in [-0.3, -0.25) is 0 Å². The minimum atomic E-state index is 0.181. The first kappa shape index (κ1) is 23.6. The van der Waals surface area contributed by atoms with Crippen molar-refractivity contribution in [1.29, 1.82) is 0 Å². The summed E-state index contributed by atoms with van der Waals surface area (Å²) in [5.41, 5.74) is 14.4. The fourth-order valence-corrected chi connectivity index (χ4v) is 5.42. The normalized spacial score (nSPS) is 20.7. The lowest BCUT2D eigenvalue weighted by molar-refractivity contribution is 0.415. The SMILES string of the molecule is C=C1/C=C\C=C/N(C2C=Cc3c(n(Cc4ccc5ccccc5c4N)c4ccccc34)C2)/C=C\C=C/C1=C. The molecule has 0 radical (unpaired) electrons. The molecule has 3 aromatic carbocycles. The van der Waals surface area contributed by atoms with Crippen LogP contribution in [0.15, 0.2) is 140 Å². The summed E-state index contributed by atoms with van der Waals surface area (Å²) in [7, 11) is 0. The van der Waals surface area contributed by atoms with Crippen molar-refractivity contribution in [2.45, 2.75) is 19.0 Å². The Balaban J connectivity index is 1.39. The highest BCUT2D eigenvalue weighted by molar-refractivity contribution is 5.95. The van der Waals surface area contributed by atoms with Crippen LogP contribution in [0.25, 0.3) is 27.8 Å². The Labute approximate surface area is 224 Å². The topological polar surface area (TPSA) is 34.2 Å². The van der Waals surface area contributed by atoms with Gasteiger partial charge in [-0.15, -0.1) is 0 Å². The summed E-state index contributed by atoms with van der Waals surface area (Å²) in [6.07, 6.45) is 21.9. The minimum absolute atomic E-state index is 0.181. The Morgan fingerprint density at radius 1 is 0.763 bits per heavy atom. The lowest BCUT2D eigenvalue weighted by atomic mass is 9.97. The highest BCUT2D eigenvalue weighted by atomic mass is 15.1. The lowest BCUT2D eigenvalue weighted by Crippen LogP contribution is -2.29. The van der Waals surface area contributed by atoms with Gasteiger partial charge in [-0.05, 0) is 40.3 Å². The van der Waals surface area contributed by atoms with Gasteiger partial charge in [0.05, 0.1) is 6.04 Å². The number of fused-ring (bicyclic) bond motifs is 4. The number of anilines is 1. The Morgan fingerprint density at radius 2 is 1.45 bits per heavy atom. The molecule has 2 aliphatic rings. The van der Waals surface area contributed by atoms with Crippen molar-refractivity contribution in [1.82, 2.24) is 9.47 Å². The van der Waals surface area contributed by atoms with Crippen molar-refractivity contribution in [2.75, 3.05) is 5.73 Å². The molecule has 1 atom stereocenters. The number of nitrogen functional groups attached to an aromatic ring is 1. The molecule has 3 nitrogen and oxygen atoms in total. The fraction of sp³-hybridized carbons (Fsp3) is 0.0857. The molecule has 0 saturated heterocycles. The summed E-state index contributed by atoms with van der Waals surface area (Å²) in [5.74, 6) is 0. The molecule has 38 heavy (non-hydrogen) atoms. The lowest BCUT2D eigenvalue weighted by Gasteiger charge is -2.28. The van der Waals surface area contributed by atoms with Gasteiger partial charge in [0.25, 0.3) is 0 Å². The van der Waals surface area contributed by atoms with Crippen molar-refractivity contribution >= 4 is 33.4 Å². The molecule has 1 aliphatic heterocycles. The van der Waals surface area contributed by atoms with E-state index in [-0.39, 0.29) is 6.04 Å². The van der Waals surface area contributed by atoms with Gasteiger partial charge in [-0.25, -0.2) is 0 Å². The summed E-state index contributed by atoms with van der Waals surface area (Å²) in [4.78, 5) is 2.26. The van der Waals surface area contributed by atoms with Crippen LogP contribution >= 0.6 is 0 Å². The van der Waals surface area contributed by atoms with E-state index in [0.717, 1.165) is 40.7 Å². The first-order valence-corrected chi connectivity index (χ1v) is 13.0. The molecule has 0 amide bonds. The quantitative estimate of drug-likeness (QED) is 0.294. The summed E-state index contributed by atoms with van der Waals surface area (Å²) in [6, 6.07) is 21.6. The Kier molecular flexibility index (Phi) is 6.19. The molecule has 0 bridgehead atoms. The van der Waals surface area contributed by atoms with Crippen LogP contribution in [-0.2, 0) is 13.0 Å². The van der Waals surface area contributed by atoms with Gasteiger partial charge >= 0.3 is 0 Å². The third kappa shape index (κ3) is 4.33. The highest BCUT2D eigenvalue weighted by Crippen LogP contribution is 2.35. The van der Waals surface area contributed by atoms with Crippen LogP contribution in [0, 0.1) is 0 Å². The highest BCUT2D eigenvalue weighted by Gasteiger charge is 2.24. The predicted molar refractivity (Wildman–Crippen MR) is 163 cm³/mol. The molecular formula is C35H31N3. The molecule has 2 heterocycles. The summed E-state index contributed by atoms with van der Waals surface area (Å²) in [6.45, 7) is 8.91. The smallest absolute Gasteiger partial charge is 0.0568 e. The second-order valence-electron chi connectivity index (χ2n) is 9.85. The van der Waals surface area contributed by atoms with Crippen LogP contribution < -0.4 is 5.73 Å². The average Bonchev–Trinajstić information content (AvgIpc) is 3.24. The number of hydrogen-bond acceptors (Lipinski definition) is 2. The van der Waals surface area contributed by atoms with Crippen molar-refractivity contribution in [3.05, 3.63) is 157 Å². The Morgan fingerprint density at radius 3 is 2.21 bits per heavy atom. The van der Waals surface area contributed by atoms with E-state index in [9.17, 15) is 0 Å². The Hall–Kier alpha value is -4.76. The van der Waals surface area contributed by atoms with Crippen LogP contribution in [0.2, 0.25) is 0 Å². The second kappa shape index (κ2) is 9.95. The van der Waals surface area contributed by atoms with Gasteiger partial charge < -0.3 is 15.2 Å². The Bertz CT molecular complexity index is 1690. The number of nitrogens with zero attached hydrogens (tertiary/aromatic N) is 2. The standard InChI is InChI=1S/C35H31N3/c1-25-11-7-9-21-37(22-10-8-12-26(25)2)29-19-20-32-31-15-5-6-16-33(31)38(34(32)23-29)24-28-18-17-27-13-3-4-14-30(27)35(28)36/h3-22,29H,1-2,23-24,36H2/b11-7-,12-8-,21-9-,22-10-. The monoisotopic (exact) mass is 493 g/mol. The number of para-hydroxylation sites is 1. The van der Waals surface area contributed by atoms with Crippen LogP contribution in [0.3, 0.4) is 0 Å². The van der Waals surface area contributed by atoms with E-state index in [4.69, 9.17) is 5.73 Å². The van der Waals surface area contributed by atoms with Crippen LogP contribution in [0.5, 0.6) is 0 Å². The van der Waals surface area contributed by atoms with Gasteiger partial charge in [0.15, 0.2) is 0 Å². The molecule has 1 unspecified atom stereocenters. The van der Waals surface area contributed by atoms with Gasteiger partial charge in [0.1, 0.15) is 0 Å². The molecular weight excluding hydrogens is 462 g/mol. The number of nitrogens with two attached hydrogens (primary N) is 1. The fourth-order valence-electron chi connectivity index (χ4n) is 5.42. The van der Waals surface area contributed by atoms with E-state index in [0.29, 0.717) is 0 Å². The van der Waals surface area contributed by atoms with Gasteiger partial charge in [0.2, 0.25) is 0 Å². The van der Waals surface area contributed by atoms with Crippen LogP contribution in [0.1, 0.15) is 16.8 Å². The van der Waals surface area contributed by atoms with Crippen molar-refractivity contribution in [3.8, 4) is 0 Å². The average molecular weight is 494 g/mol. The van der Waals surface area contributed by atoms with Gasteiger partial charge in [-0.1, -0.05) is 104 Å². The van der Waals surface area contributed by atoms with Gasteiger partial charge in [0, 0.05) is 58.6 Å². The van der Waals surface area contributed by atoms with E-state index >= 15 is 0 Å². The summed E-state index contributed by atoms with van der Waals surface area (Å²) < 4.78 is 2.45. The molecule has 0 fully saturated rings. The maximum atomic E-state index is 6.71. The predicted octanol–water partition coefficient (Wildman–Crippen LogP) is 7.93. The van der Waals surface area contributed by atoms with Crippen molar-refractivity contribution in [3.63, 3.8) is 0 Å². The number of benzene rings is 3. The van der Waals surface area contributed by atoms with Crippen molar-refractivity contribution in [2.24, 2.45) is 0 Å². The zero-order valence-electron chi connectivity index (χ0n) is 21.4. The molecule has 3 heteroatoms. The van der Waals surface area contributed by atoms with E-state index in [1.165, 1.54) is 27.5 Å². The van der Waals surface area contributed by atoms with Gasteiger partial charge in [-0.2, -0.15) is 0 Å². The maximum Gasteiger partial charge on any atom is 0.0568 e. The third-order valence-electron chi connectivity index (χ3n) is 7.53. The second-order valence-corrected chi connectivity index (χ2v) is 9.85. The molecule has 0 saturated carbocycles. The molecule has 0 spiro atoms. The number of allylic oxidation sites excluding steroid dienone is 8. The molecule has 4 aromatic rings. The largest absolute Gasteiger partial charge is 0.398 e. The van der Waals surface area contributed by atoms with E-state index in [1.807, 2.05) is 24.3 Å². The molecule has 1 aromatic heterocycles. The van der Waals surface area contributed by atoms with E-state index in [2.05, 4.69) is 120 Å². The molecule has 186 valence electrons. The first-order valence-electron chi connectivity index (χ1n) is 13.0. The first-order chi connectivity index (χ1) is 18.6. The molecule has 2 N–H and O–H groups in total. The van der Waals surface area contributed by atoms with E-state index < -0.39 is 0 Å². The summed E-state index contributed by atoms with van der Waals surface area (Å²) in [5, 5.41) is 3.56. The zero-order chi connectivity index (χ0) is 26.1. The zero-order valence-corrected chi connectivity index (χ0v) is 21.4. The third-order valence-corrected chi connectivity index (χ3v) is 7.53. The number of hydrogen-bond donors (Lipinski definition) is 1. The minimum Gasteiger partial charge on any atom is -0.398 e. The van der Waals surface area contributed by atoms with Crippen molar-refractivity contribution < 1.29 is 0 Å². The van der Waals surface area contributed by atoms with Crippen LogP contribution in [0.4, 0.5) is 5.69 Å². The summed E-state index contributed by atoms with van der Waals surface area (Å²) >= 11 is 0. The molecule has 6 rings (SSSR count). The van der Waals surface area contributed by atoms with Crippen LogP contribution in [-0.4, -0.2) is 15.5 Å². The molecule has 1 aliphatic carbocycles.